The van der Waals surface area contributed by atoms with Crippen molar-refractivity contribution >= 4 is 5.82 Å². The molecule has 1 aromatic carbocycles. The highest BCUT2D eigenvalue weighted by Crippen LogP contribution is 2.31. The van der Waals surface area contributed by atoms with E-state index in [1.807, 2.05) is 25.1 Å². The van der Waals surface area contributed by atoms with E-state index in [-0.39, 0.29) is 6.61 Å². The zero-order valence-electron chi connectivity index (χ0n) is 11.7. The number of hydrogen-bond donors (Lipinski definition) is 1. The molecular weight excluding hydrogens is 258 g/mol. The van der Waals surface area contributed by atoms with Gasteiger partial charge in [0.15, 0.2) is 17.3 Å². The van der Waals surface area contributed by atoms with Crippen LogP contribution in [0.2, 0.25) is 0 Å². The van der Waals surface area contributed by atoms with Crippen molar-refractivity contribution in [2.45, 2.75) is 13.5 Å². The zero-order chi connectivity index (χ0) is 14.5. The second-order valence-corrected chi connectivity index (χ2v) is 4.24. The third-order valence-corrected chi connectivity index (χ3v) is 2.58. The smallest absolute Gasteiger partial charge is 0.224 e. The van der Waals surface area contributed by atoms with Gasteiger partial charge in [0, 0.05) is 13.2 Å². The van der Waals surface area contributed by atoms with Gasteiger partial charge in [-0.1, -0.05) is 6.07 Å². The van der Waals surface area contributed by atoms with E-state index in [1.54, 1.807) is 20.3 Å². The molecule has 1 aromatic heterocycles. The fourth-order valence-electron chi connectivity index (χ4n) is 1.71. The molecule has 106 valence electrons. The summed E-state index contributed by atoms with van der Waals surface area (Å²) in [6, 6.07) is 7.19. The molecule has 0 unspecified atom stereocenters. The maximum atomic E-state index is 5.72. The Labute approximate surface area is 117 Å². The van der Waals surface area contributed by atoms with Gasteiger partial charge in [-0.2, -0.15) is 4.98 Å². The minimum atomic E-state index is 0.270. The number of nitrogens with two attached hydrogens (primary N) is 1. The molecular formula is C14H17N3O3. The molecule has 0 aliphatic rings. The Morgan fingerprint density at radius 1 is 1.10 bits per heavy atom. The van der Waals surface area contributed by atoms with Crippen LogP contribution in [0.15, 0.2) is 24.3 Å². The number of benzene rings is 1. The second kappa shape index (κ2) is 6.21. The zero-order valence-corrected chi connectivity index (χ0v) is 11.7. The predicted molar refractivity (Wildman–Crippen MR) is 75.0 cm³/mol. The van der Waals surface area contributed by atoms with Crippen molar-refractivity contribution in [2.75, 3.05) is 20.0 Å². The Morgan fingerprint density at radius 3 is 2.60 bits per heavy atom. The van der Waals surface area contributed by atoms with Gasteiger partial charge in [0.25, 0.3) is 0 Å². The van der Waals surface area contributed by atoms with E-state index in [1.165, 1.54) is 0 Å². The van der Waals surface area contributed by atoms with Gasteiger partial charge in [-0.05, 0) is 24.6 Å². The lowest BCUT2D eigenvalue weighted by atomic mass is 10.2. The van der Waals surface area contributed by atoms with Gasteiger partial charge in [-0.15, -0.1) is 0 Å². The van der Waals surface area contributed by atoms with Crippen molar-refractivity contribution in [1.29, 1.82) is 0 Å². The summed E-state index contributed by atoms with van der Waals surface area (Å²) in [6.07, 6.45) is 0. The Bertz CT molecular complexity index is 602. The number of aromatic nitrogens is 2. The Hall–Kier alpha value is -2.34. The van der Waals surface area contributed by atoms with E-state index in [4.69, 9.17) is 19.9 Å². The van der Waals surface area contributed by atoms with Gasteiger partial charge in [0.1, 0.15) is 12.4 Å². The summed E-state index contributed by atoms with van der Waals surface area (Å²) in [5.74, 6) is 2.35. The number of nitrogens with zero attached hydrogens (tertiary/aromatic N) is 2. The number of anilines is 1. The third-order valence-electron chi connectivity index (χ3n) is 2.58. The largest absolute Gasteiger partial charge is 0.493 e. The Morgan fingerprint density at radius 2 is 1.90 bits per heavy atom. The van der Waals surface area contributed by atoms with Crippen LogP contribution in [-0.2, 0) is 11.3 Å². The molecule has 0 amide bonds. The van der Waals surface area contributed by atoms with Crippen molar-refractivity contribution in [3.05, 3.63) is 35.7 Å². The molecule has 0 spiro atoms. The molecule has 6 nitrogen and oxygen atoms in total. The minimum Gasteiger partial charge on any atom is -0.493 e. The van der Waals surface area contributed by atoms with Gasteiger partial charge >= 0.3 is 0 Å². The lowest BCUT2D eigenvalue weighted by molar-refractivity contribution is 0.177. The number of hydrogen-bond acceptors (Lipinski definition) is 6. The maximum absolute atomic E-state index is 5.72. The molecule has 0 bridgehead atoms. The highest BCUT2D eigenvalue weighted by molar-refractivity contribution is 5.45. The van der Waals surface area contributed by atoms with Crippen LogP contribution in [0.3, 0.4) is 0 Å². The third kappa shape index (κ3) is 3.36. The average molecular weight is 275 g/mol. The number of nitrogen functional groups attached to an aromatic ring is 1. The van der Waals surface area contributed by atoms with Gasteiger partial charge in [-0.3, -0.25) is 0 Å². The first-order valence-electron chi connectivity index (χ1n) is 6.07. The Balaban J connectivity index is 2.29. The van der Waals surface area contributed by atoms with E-state index in [9.17, 15) is 0 Å². The summed E-state index contributed by atoms with van der Waals surface area (Å²) in [5.41, 5.74) is 6.80. The fraction of sp³-hybridized carbons (Fsp3) is 0.286. The molecule has 2 N–H and O–H groups in total. The van der Waals surface area contributed by atoms with Crippen LogP contribution in [-0.4, -0.2) is 24.2 Å². The number of rotatable bonds is 5. The van der Waals surface area contributed by atoms with Crippen LogP contribution in [0.5, 0.6) is 17.4 Å². The van der Waals surface area contributed by atoms with Crippen molar-refractivity contribution in [3.63, 3.8) is 0 Å². The molecule has 1 heterocycles. The summed E-state index contributed by atoms with van der Waals surface area (Å²) < 4.78 is 16.0. The summed E-state index contributed by atoms with van der Waals surface area (Å²) in [6.45, 7) is 2.25. The first-order chi connectivity index (χ1) is 9.62. The summed E-state index contributed by atoms with van der Waals surface area (Å²) in [4.78, 5) is 8.27. The second-order valence-electron chi connectivity index (χ2n) is 4.24. The minimum absolute atomic E-state index is 0.270. The highest BCUT2D eigenvalue weighted by Gasteiger charge is 2.09. The number of ether oxygens (including phenoxy) is 3. The molecule has 0 atom stereocenters. The fourth-order valence-corrected chi connectivity index (χ4v) is 1.71. The maximum Gasteiger partial charge on any atom is 0.224 e. The SMILES string of the molecule is COCc1nc(N)cc(Oc2ccc(C)cc2OC)n1. The molecule has 0 radical (unpaired) electrons. The molecule has 0 aliphatic carbocycles. The van der Waals surface area contributed by atoms with Crippen LogP contribution in [0.25, 0.3) is 0 Å². The lowest BCUT2D eigenvalue weighted by Crippen LogP contribution is -2.03. The standard InChI is InChI=1S/C14H17N3O3/c1-9-4-5-10(11(6-9)19-3)20-14-7-12(15)16-13(17-14)8-18-2/h4-7H,8H2,1-3H3,(H2,15,16,17). The molecule has 6 heteroatoms. The van der Waals surface area contributed by atoms with Crippen LogP contribution in [0.4, 0.5) is 5.82 Å². The topological polar surface area (TPSA) is 79.5 Å². The van der Waals surface area contributed by atoms with E-state index in [0.717, 1.165) is 5.56 Å². The average Bonchev–Trinajstić information content (AvgIpc) is 2.40. The molecule has 2 rings (SSSR count). The summed E-state index contributed by atoms with van der Waals surface area (Å²) in [7, 11) is 3.16. The summed E-state index contributed by atoms with van der Waals surface area (Å²) >= 11 is 0. The van der Waals surface area contributed by atoms with Crippen LogP contribution >= 0.6 is 0 Å². The van der Waals surface area contributed by atoms with Crippen molar-refractivity contribution in [3.8, 4) is 17.4 Å². The van der Waals surface area contributed by atoms with Crippen LogP contribution < -0.4 is 15.2 Å². The highest BCUT2D eigenvalue weighted by atomic mass is 16.5. The number of methoxy groups -OCH3 is 2. The normalized spacial score (nSPS) is 10.3. The lowest BCUT2D eigenvalue weighted by Gasteiger charge is -2.11. The monoisotopic (exact) mass is 275 g/mol. The van der Waals surface area contributed by atoms with E-state index >= 15 is 0 Å². The van der Waals surface area contributed by atoms with Crippen LogP contribution in [0, 0.1) is 6.92 Å². The molecule has 20 heavy (non-hydrogen) atoms. The van der Waals surface area contributed by atoms with Crippen LogP contribution in [0.1, 0.15) is 11.4 Å². The first-order valence-corrected chi connectivity index (χ1v) is 6.07. The van der Waals surface area contributed by atoms with E-state index < -0.39 is 0 Å². The Kier molecular flexibility index (Phi) is 4.37. The summed E-state index contributed by atoms with van der Waals surface area (Å²) in [5, 5.41) is 0. The quantitative estimate of drug-likeness (QED) is 0.902. The molecule has 0 fully saturated rings. The number of aryl methyl sites for hydroxylation is 1. The molecule has 0 saturated heterocycles. The molecule has 2 aromatic rings. The predicted octanol–water partition coefficient (Wildman–Crippen LogP) is 2.31. The van der Waals surface area contributed by atoms with E-state index in [0.29, 0.717) is 29.0 Å². The van der Waals surface area contributed by atoms with Gasteiger partial charge in [0.05, 0.1) is 7.11 Å². The van der Waals surface area contributed by atoms with Crippen molar-refractivity contribution in [2.24, 2.45) is 0 Å². The van der Waals surface area contributed by atoms with Crippen molar-refractivity contribution in [1.82, 2.24) is 9.97 Å². The molecule has 0 saturated carbocycles. The van der Waals surface area contributed by atoms with Gasteiger partial charge in [-0.25, -0.2) is 4.98 Å². The van der Waals surface area contributed by atoms with Gasteiger partial charge in [0.2, 0.25) is 5.88 Å². The van der Waals surface area contributed by atoms with Crippen molar-refractivity contribution < 1.29 is 14.2 Å². The first kappa shape index (κ1) is 14.1. The van der Waals surface area contributed by atoms with Gasteiger partial charge < -0.3 is 19.9 Å². The van der Waals surface area contributed by atoms with E-state index in [2.05, 4.69) is 9.97 Å². The molecule has 0 aliphatic heterocycles.